The van der Waals surface area contributed by atoms with Crippen molar-refractivity contribution in [2.24, 2.45) is 13.0 Å². The van der Waals surface area contributed by atoms with Gasteiger partial charge in [0.25, 0.3) is 0 Å². The number of carboxylic acid groups (broad SMARTS) is 1. The Kier molecular flexibility index (Phi) is 1.65. The third kappa shape index (κ3) is 1.32. The second kappa shape index (κ2) is 2.58. The molecule has 1 aromatic rings. The van der Waals surface area contributed by atoms with Gasteiger partial charge in [0.1, 0.15) is 5.69 Å². The van der Waals surface area contributed by atoms with Crippen LogP contribution in [-0.4, -0.2) is 20.9 Å². The highest BCUT2D eigenvalue weighted by Gasteiger charge is 2.36. The number of carboxylic acids is 1. The largest absolute Gasteiger partial charge is 0.477 e. The zero-order chi connectivity index (χ0) is 9.59. The third-order valence-corrected chi connectivity index (χ3v) is 2.61. The van der Waals surface area contributed by atoms with Gasteiger partial charge in [-0.2, -0.15) is 5.10 Å². The van der Waals surface area contributed by atoms with Crippen molar-refractivity contribution in [3.8, 4) is 0 Å². The predicted octanol–water partition coefficient (Wildman–Crippen LogP) is 1.24. The van der Waals surface area contributed by atoms with Gasteiger partial charge in [0.15, 0.2) is 0 Å². The summed E-state index contributed by atoms with van der Waals surface area (Å²) < 4.78 is 1.43. The molecule has 0 saturated heterocycles. The Morgan fingerprint density at radius 2 is 2.38 bits per heavy atom. The van der Waals surface area contributed by atoms with Gasteiger partial charge in [-0.05, 0) is 18.4 Å². The van der Waals surface area contributed by atoms with Gasteiger partial charge in [-0.15, -0.1) is 0 Å². The van der Waals surface area contributed by atoms with Gasteiger partial charge in [0.05, 0.1) is 5.69 Å². The molecule has 1 aromatic heterocycles. The van der Waals surface area contributed by atoms with Crippen LogP contribution in [0.15, 0.2) is 6.07 Å². The molecule has 0 aliphatic heterocycles. The predicted molar refractivity (Wildman–Crippen MR) is 46.7 cm³/mol. The maximum atomic E-state index is 10.7. The Morgan fingerprint density at radius 3 is 2.77 bits per heavy atom. The van der Waals surface area contributed by atoms with E-state index >= 15 is 0 Å². The smallest absolute Gasteiger partial charge is 0.354 e. The van der Waals surface area contributed by atoms with Crippen molar-refractivity contribution >= 4 is 5.97 Å². The molecule has 0 aromatic carbocycles. The molecule has 0 amide bonds. The molecule has 1 aliphatic carbocycles. The van der Waals surface area contributed by atoms with Gasteiger partial charge >= 0.3 is 5.97 Å². The average Bonchev–Trinajstić information content (AvgIpc) is 2.61. The number of hydrogen-bond acceptors (Lipinski definition) is 2. The van der Waals surface area contributed by atoms with Crippen molar-refractivity contribution in [2.45, 2.75) is 19.3 Å². The quantitative estimate of drug-likeness (QED) is 0.745. The van der Waals surface area contributed by atoms with Gasteiger partial charge in [0.2, 0.25) is 0 Å². The summed E-state index contributed by atoms with van der Waals surface area (Å²) in [5.41, 5.74) is 1.20. The standard InChI is InChI=1S/C9H12N2O2/c1-5-3-6(5)7-4-8(9(12)13)11(2)10-7/h4-6H,3H2,1-2H3,(H,12,13). The first-order valence-corrected chi connectivity index (χ1v) is 4.37. The first-order valence-electron chi connectivity index (χ1n) is 4.37. The summed E-state index contributed by atoms with van der Waals surface area (Å²) in [5.74, 6) is 0.241. The zero-order valence-corrected chi connectivity index (χ0v) is 7.69. The molecule has 1 aliphatic rings. The van der Waals surface area contributed by atoms with Gasteiger partial charge in [-0.3, -0.25) is 4.68 Å². The third-order valence-electron chi connectivity index (χ3n) is 2.61. The Morgan fingerprint density at radius 1 is 1.77 bits per heavy atom. The van der Waals surface area contributed by atoms with Crippen LogP contribution < -0.4 is 0 Å². The molecule has 1 heterocycles. The summed E-state index contributed by atoms with van der Waals surface area (Å²) in [6.45, 7) is 2.15. The summed E-state index contributed by atoms with van der Waals surface area (Å²) in [6.07, 6.45) is 1.13. The SMILES string of the molecule is CC1CC1c1cc(C(=O)O)n(C)n1. The van der Waals surface area contributed by atoms with E-state index in [-0.39, 0.29) is 5.69 Å². The molecule has 2 unspecified atom stereocenters. The van der Waals surface area contributed by atoms with Crippen molar-refractivity contribution in [3.63, 3.8) is 0 Å². The first kappa shape index (κ1) is 8.29. The Labute approximate surface area is 76.2 Å². The second-order valence-corrected chi connectivity index (χ2v) is 3.70. The number of aryl methyl sites for hydroxylation is 1. The van der Waals surface area contributed by atoms with Gasteiger partial charge in [-0.1, -0.05) is 6.92 Å². The molecule has 2 rings (SSSR count). The number of nitrogens with zero attached hydrogens (tertiary/aromatic N) is 2. The number of carbonyl (C=O) groups is 1. The maximum Gasteiger partial charge on any atom is 0.354 e. The van der Waals surface area contributed by atoms with E-state index in [1.165, 1.54) is 4.68 Å². The second-order valence-electron chi connectivity index (χ2n) is 3.70. The van der Waals surface area contributed by atoms with Crippen molar-refractivity contribution in [1.29, 1.82) is 0 Å². The Balaban J connectivity index is 2.30. The van der Waals surface area contributed by atoms with Crippen LogP contribution in [0.2, 0.25) is 0 Å². The lowest BCUT2D eigenvalue weighted by Gasteiger charge is -1.91. The van der Waals surface area contributed by atoms with Crippen LogP contribution in [0.4, 0.5) is 0 Å². The number of hydrogen-bond donors (Lipinski definition) is 1. The van der Waals surface area contributed by atoms with Crippen LogP contribution >= 0.6 is 0 Å². The highest BCUT2D eigenvalue weighted by Crippen LogP contribution is 2.46. The van der Waals surface area contributed by atoms with E-state index < -0.39 is 5.97 Å². The van der Waals surface area contributed by atoms with Crippen molar-refractivity contribution in [3.05, 3.63) is 17.5 Å². The molecule has 1 N–H and O–H groups in total. The molecule has 2 atom stereocenters. The molecule has 13 heavy (non-hydrogen) atoms. The van der Waals surface area contributed by atoms with E-state index in [4.69, 9.17) is 5.11 Å². The number of rotatable bonds is 2. The summed E-state index contributed by atoms with van der Waals surface area (Å²) in [4.78, 5) is 10.7. The molecule has 0 spiro atoms. The van der Waals surface area contributed by atoms with E-state index in [0.29, 0.717) is 11.8 Å². The van der Waals surface area contributed by atoms with E-state index in [1.54, 1.807) is 13.1 Å². The Bertz CT molecular complexity index is 356. The van der Waals surface area contributed by atoms with Crippen LogP contribution in [0, 0.1) is 5.92 Å². The fraction of sp³-hybridized carbons (Fsp3) is 0.556. The lowest BCUT2D eigenvalue weighted by molar-refractivity contribution is 0.0685. The molecular formula is C9H12N2O2. The minimum Gasteiger partial charge on any atom is -0.477 e. The maximum absolute atomic E-state index is 10.7. The molecule has 0 bridgehead atoms. The fourth-order valence-corrected chi connectivity index (χ4v) is 1.61. The average molecular weight is 180 g/mol. The minimum atomic E-state index is -0.908. The van der Waals surface area contributed by atoms with Crippen molar-refractivity contribution in [1.82, 2.24) is 9.78 Å². The summed E-state index contributed by atoms with van der Waals surface area (Å²) in [6, 6.07) is 1.68. The first-order chi connectivity index (χ1) is 6.09. The molecule has 70 valence electrons. The summed E-state index contributed by atoms with van der Waals surface area (Å²) in [5, 5.41) is 13.0. The van der Waals surface area contributed by atoms with Crippen LogP contribution in [0.3, 0.4) is 0 Å². The van der Waals surface area contributed by atoms with Crippen LogP contribution in [-0.2, 0) is 7.05 Å². The van der Waals surface area contributed by atoms with Crippen LogP contribution in [0.1, 0.15) is 35.4 Å². The molecule has 0 radical (unpaired) electrons. The normalized spacial score (nSPS) is 26.0. The molecular weight excluding hydrogens is 168 g/mol. The van der Waals surface area contributed by atoms with Gasteiger partial charge in [-0.25, -0.2) is 4.79 Å². The molecule has 1 saturated carbocycles. The summed E-state index contributed by atoms with van der Waals surface area (Å²) in [7, 11) is 1.67. The Hall–Kier alpha value is -1.32. The highest BCUT2D eigenvalue weighted by molar-refractivity contribution is 5.85. The number of aromatic carboxylic acids is 1. The lowest BCUT2D eigenvalue weighted by Crippen LogP contribution is -2.04. The minimum absolute atomic E-state index is 0.272. The van der Waals surface area contributed by atoms with Crippen LogP contribution in [0.5, 0.6) is 0 Å². The van der Waals surface area contributed by atoms with E-state index in [1.807, 2.05) is 0 Å². The summed E-state index contributed by atoms with van der Waals surface area (Å²) >= 11 is 0. The monoisotopic (exact) mass is 180 g/mol. The van der Waals surface area contributed by atoms with Crippen molar-refractivity contribution in [2.75, 3.05) is 0 Å². The topological polar surface area (TPSA) is 55.1 Å². The zero-order valence-electron chi connectivity index (χ0n) is 7.69. The molecule has 4 nitrogen and oxygen atoms in total. The van der Waals surface area contributed by atoms with Crippen molar-refractivity contribution < 1.29 is 9.90 Å². The van der Waals surface area contributed by atoms with Gasteiger partial charge < -0.3 is 5.11 Å². The molecule has 1 fully saturated rings. The lowest BCUT2D eigenvalue weighted by atomic mass is 10.2. The van der Waals surface area contributed by atoms with E-state index in [9.17, 15) is 4.79 Å². The fourth-order valence-electron chi connectivity index (χ4n) is 1.61. The molecule has 4 heteroatoms. The van der Waals surface area contributed by atoms with E-state index in [0.717, 1.165) is 12.1 Å². The van der Waals surface area contributed by atoms with Gasteiger partial charge in [0, 0.05) is 13.0 Å². The number of aromatic nitrogens is 2. The van der Waals surface area contributed by atoms with E-state index in [2.05, 4.69) is 12.0 Å². The van der Waals surface area contributed by atoms with Crippen LogP contribution in [0.25, 0.3) is 0 Å². The highest BCUT2D eigenvalue weighted by atomic mass is 16.4.